The molecule has 0 aliphatic carbocycles. The number of hydrogen-bond donors (Lipinski definition) is 1. The number of hydrogen-bond acceptors (Lipinski definition) is 4. The van der Waals surface area contributed by atoms with Crippen LogP contribution in [-0.4, -0.2) is 59.3 Å². The van der Waals surface area contributed by atoms with E-state index >= 15 is 0 Å². The number of ether oxygens (including phenoxy) is 1. The molecule has 0 aromatic heterocycles. The summed E-state index contributed by atoms with van der Waals surface area (Å²) in [5.74, 6) is 2.22. The molecule has 0 spiro atoms. The molecule has 2 heterocycles. The molecule has 0 atom stereocenters. The molecule has 5 nitrogen and oxygen atoms in total. The molecule has 0 aromatic carbocycles. The molecule has 0 unspecified atom stereocenters. The highest BCUT2D eigenvalue weighted by atomic mass is 32.1. The molecule has 138 valence electrons. The van der Waals surface area contributed by atoms with Gasteiger partial charge in [-0.05, 0) is 64.0 Å². The first-order valence-electron chi connectivity index (χ1n) is 9.16. The Kier molecular flexibility index (Phi) is 6.84. The molecule has 0 N–H and O–H groups in total. The molecule has 2 saturated heterocycles. The summed E-state index contributed by atoms with van der Waals surface area (Å²) >= 11 is 4.14. The molecule has 2 amide bonds. The van der Waals surface area contributed by atoms with Crippen LogP contribution in [-0.2, 0) is 9.53 Å². The van der Waals surface area contributed by atoms with Crippen LogP contribution in [0.5, 0.6) is 0 Å². The Bertz CT molecular complexity index is 434. The first-order valence-corrected chi connectivity index (χ1v) is 9.80. The molecule has 2 fully saturated rings. The number of carbonyl (C=O) groups excluding carboxylic acids is 2. The summed E-state index contributed by atoms with van der Waals surface area (Å²) in [6.45, 7) is 9.05. The van der Waals surface area contributed by atoms with E-state index in [0.29, 0.717) is 24.0 Å². The van der Waals surface area contributed by atoms with Crippen LogP contribution in [0.4, 0.5) is 4.79 Å². The fourth-order valence-electron chi connectivity index (χ4n) is 3.75. The second kappa shape index (κ2) is 8.45. The summed E-state index contributed by atoms with van der Waals surface area (Å²) in [5.41, 5.74) is -0.430. The number of rotatable bonds is 3. The molecule has 0 bridgehead atoms. The lowest BCUT2D eigenvalue weighted by Gasteiger charge is -2.40. The van der Waals surface area contributed by atoms with Gasteiger partial charge >= 0.3 is 6.09 Å². The highest BCUT2D eigenvalue weighted by Crippen LogP contribution is 2.33. The third-order valence-corrected chi connectivity index (χ3v) is 5.30. The Morgan fingerprint density at radius 1 is 0.958 bits per heavy atom. The first kappa shape index (κ1) is 19.4. The van der Waals surface area contributed by atoms with Gasteiger partial charge < -0.3 is 14.5 Å². The van der Waals surface area contributed by atoms with Crippen LogP contribution < -0.4 is 0 Å². The van der Waals surface area contributed by atoms with Crippen LogP contribution in [0.1, 0.15) is 52.9 Å². The van der Waals surface area contributed by atoms with Crippen molar-refractivity contribution in [2.75, 3.05) is 31.9 Å². The van der Waals surface area contributed by atoms with E-state index in [4.69, 9.17) is 4.74 Å². The summed E-state index contributed by atoms with van der Waals surface area (Å²) in [7, 11) is 0. The average Bonchev–Trinajstić information content (AvgIpc) is 2.54. The van der Waals surface area contributed by atoms with Crippen LogP contribution in [0.2, 0.25) is 0 Å². The molecule has 0 aromatic rings. The Morgan fingerprint density at radius 3 is 1.83 bits per heavy atom. The normalized spacial score (nSPS) is 21.0. The summed E-state index contributed by atoms with van der Waals surface area (Å²) in [4.78, 5) is 27.9. The third kappa shape index (κ3) is 5.57. The van der Waals surface area contributed by atoms with Gasteiger partial charge in [0.1, 0.15) is 5.60 Å². The van der Waals surface area contributed by atoms with Gasteiger partial charge in [-0.1, -0.05) is 0 Å². The summed E-state index contributed by atoms with van der Waals surface area (Å²) < 4.78 is 5.46. The molecule has 0 saturated carbocycles. The monoisotopic (exact) mass is 356 g/mol. The second-order valence-corrected chi connectivity index (χ2v) is 8.44. The van der Waals surface area contributed by atoms with Gasteiger partial charge in [-0.3, -0.25) is 4.79 Å². The Balaban J connectivity index is 1.74. The van der Waals surface area contributed by atoms with Crippen molar-refractivity contribution in [2.24, 2.45) is 11.8 Å². The highest BCUT2D eigenvalue weighted by molar-refractivity contribution is 7.80. The van der Waals surface area contributed by atoms with Crippen LogP contribution in [0.15, 0.2) is 0 Å². The lowest BCUT2D eigenvalue weighted by Crippen LogP contribution is -2.45. The molecule has 2 aliphatic rings. The van der Waals surface area contributed by atoms with Crippen LogP contribution in [0, 0.1) is 11.8 Å². The lowest BCUT2D eigenvalue weighted by atomic mass is 9.79. The number of nitrogens with zero attached hydrogens (tertiary/aromatic N) is 2. The molecular weight excluding hydrogens is 324 g/mol. The Labute approximate surface area is 151 Å². The van der Waals surface area contributed by atoms with Crippen LogP contribution in [0.25, 0.3) is 0 Å². The maximum absolute atomic E-state index is 12.1. The third-order valence-electron chi connectivity index (χ3n) is 5.08. The minimum absolute atomic E-state index is 0.187. The molecule has 6 heteroatoms. The van der Waals surface area contributed by atoms with Crippen molar-refractivity contribution < 1.29 is 14.3 Å². The SMILES string of the molecule is CC(C)(C)OC(=O)N1CCC(C2CCN(C(=O)CCS)CC2)CC1. The first-order chi connectivity index (χ1) is 11.3. The zero-order chi connectivity index (χ0) is 17.7. The quantitative estimate of drug-likeness (QED) is 0.790. The number of likely N-dealkylation sites (tertiary alicyclic amines) is 2. The minimum atomic E-state index is -0.430. The van der Waals surface area contributed by atoms with E-state index in [0.717, 1.165) is 51.9 Å². The van der Waals surface area contributed by atoms with Gasteiger partial charge in [-0.15, -0.1) is 0 Å². The van der Waals surface area contributed by atoms with E-state index in [2.05, 4.69) is 12.6 Å². The van der Waals surface area contributed by atoms with Gasteiger partial charge in [0, 0.05) is 32.6 Å². The topological polar surface area (TPSA) is 49.9 Å². The molecule has 2 rings (SSSR count). The van der Waals surface area contributed by atoms with Gasteiger partial charge in [0.2, 0.25) is 5.91 Å². The molecular formula is C18H32N2O3S. The van der Waals surface area contributed by atoms with E-state index in [-0.39, 0.29) is 12.0 Å². The second-order valence-electron chi connectivity index (χ2n) is 8.00. The van der Waals surface area contributed by atoms with Crippen molar-refractivity contribution in [3.8, 4) is 0 Å². The summed E-state index contributed by atoms with van der Waals surface area (Å²) in [6, 6.07) is 0. The van der Waals surface area contributed by atoms with Crippen molar-refractivity contribution >= 4 is 24.6 Å². The van der Waals surface area contributed by atoms with Crippen LogP contribution >= 0.6 is 12.6 Å². The van der Waals surface area contributed by atoms with Crippen molar-refractivity contribution in [3.05, 3.63) is 0 Å². The van der Waals surface area contributed by atoms with E-state index in [1.165, 1.54) is 0 Å². The minimum Gasteiger partial charge on any atom is -0.444 e. The number of amides is 2. The predicted molar refractivity (Wildman–Crippen MR) is 98.3 cm³/mol. The van der Waals surface area contributed by atoms with E-state index in [9.17, 15) is 9.59 Å². The molecule has 0 radical (unpaired) electrons. The van der Waals surface area contributed by atoms with Crippen LogP contribution in [0.3, 0.4) is 0 Å². The number of thiol groups is 1. The summed E-state index contributed by atoms with van der Waals surface area (Å²) in [5, 5.41) is 0. The zero-order valence-electron chi connectivity index (χ0n) is 15.3. The Hall–Kier alpha value is -0.910. The maximum atomic E-state index is 12.1. The van der Waals surface area contributed by atoms with Crippen molar-refractivity contribution in [1.29, 1.82) is 0 Å². The number of piperidine rings is 2. The number of carbonyl (C=O) groups is 2. The van der Waals surface area contributed by atoms with Gasteiger partial charge in [0.05, 0.1) is 0 Å². The van der Waals surface area contributed by atoms with E-state index in [1.807, 2.05) is 30.6 Å². The fraction of sp³-hybridized carbons (Fsp3) is 0.889. The van der Waals surface area contributed by atoms with E-state index < -0.39 is 5.60 Å². The molecule has 2 aliphatic heterocycles. The predicted octanol–water partition coefficient (Wildman–Crippen LogP) is 3.19. The summed E-state index contributed by atoms with van der Waals surface area (Å²) in [6.07, 6.45) is 4.64. The van der Waals surface area contributed by atoms with Crippen molar-refractivity contribution in [1.82, 2.24) is 9.80 Å². The van der Waals surface area contributed by atoms with Crippen molar-refractivity contribution in [3.63, 3.8) is 0 Å². The lowest BCUT2D eigenvalue weighted by molar-refractivity contribution is -0.132. The highest BCUT2D eigenvalue weighted by Gasteiger charge is 2.32. The standard InChI is InChI=1S/C18H32N2O3S/c1-18(2,3)23-17(22)20-11-6-15(7-12-20)14-4-9-19(10-5-14)16(21)8-13-24/h14-15,24H,4-13H2,1-3H3. The smallest absolute Gasteiger partial charge is 0.410 e. The Morgan fingerprint density at radius 2 is 1.42 bits per heavy atom. The van der Waals surface area contributed by atoms with Gasteiger partial charge in [-0.2, -0.15) is 12.6 Å². The van der Waals surface area contributed by atoms with Gasteiger partial charge in [-0.25, -0.2) is 4.79 Å². The fourth-order valence-corrected chi connectivity index (χ4v) is 3.95. The zero-order valence-corrected chi connectivity index (χ0v) is 16.2. The largest absolute Gasteiger partial charge is 0.444 e. The van der Waals surface area contributed by atoms with Gasteiger partial charge in [0.25, 0.3) is 0 Å². The van der Waals surface area contributed by atoms with Gasteiger partial charge in [0.15, 0.2) is 0 Å². The molecule has 24 heavy (non-hydrogen) atoms. The average molecular weight is 357 g/mol. The van der Waals surface area contributed by atoms with E-state index in [1.54, 1.807) is 0 Å². The van der Waals surface area contributed by atoms with Crippen molar-refractivity contribution in [2.45, 2.75) is 58.5 Å². The maximum Gasteiger partial charge on any atom is 0.410 e.